The molecule has 0 spiro atoms. The maximum atomic E-state index is 12.5. The SMILES string of the molecule is Cc1cc(NC(=O)c2ccn3nccc3n2)ccc1N1CCNCC1. The van der Waals surface area contributed by atoms with Crippen molar-refractivity contribution < 1.29 is 4.79 Å². The molecule has 0 saturated carbocycles. The molecule has 25 heavy (non-hydrogen) atoms. The van der Waals surface area contributed by atoms with Crippen LogP contribution in [0.25, 0.3) is 5.65 Å². The van der Waals surface area contributed by atoms with Crippen LogP contribution in [0.3, 0.4) is 0 Å². The van der Waals surface area contributed by atoms with Crippen molar-refractivity contribution in [3.63, 3.8) is 0 Å². The number of hydrogen-bond acceptors (Lipinski definition) is 5. The monoisotopic (exact) mass is 336 g/mol. The van der Waals surface area contributed by atoms with Crippen LogP contribution >= 0.6 is 0 Å². The van der Waals surface area contributed by atoms with Gasteiger partial charge in [0.15, 0.2) is 5.65 Å². The summed E-state index contributed by atoms with van der Waals surface area (Å²) in [5, 5.41) is 10.4. The van der Waals surface area contributed by atoms with Crippen molar-refractivity contribution in [1.29, 1.82) is 0 Å². The van der Waals surface area contributed by atoms with Gasteiger partial charge in [0.25, 0.3) is 5.91 Å². The van der Waals surface area contributed by atoms with Crippen LogP contribution in [0.15, 0.2) is 42.7 Å². The number of rotatable bonds is 3. The van der Waals surface area contributed by atoms with Gasteiger partial charge >= 0.3 is 0 Å². The molecular weight excluding hydrogens is 316 g/mol. The predicted octanol–water partition coefficient (Wildman–Crippen LogP) is 1.70. The summed E-state index contributed by atoms with van der Waals surface area (Å²) in [5.74, 6) is -0.224. The largest absolute Gasteiger partial charge is 0.369 e. The second kappa shape index (κ2) is 6.52. The lowest BCUT2D eigenvalue weighted by Gasteiger charge is -2.30. The number of aryl methyl sites for hydroxylation is 1. The number of fused-ring (bicyclic) bond motifs is 1. The van der Waals surface area contributed by atoms with E-state index in [1.54, 1.807) is 29.0 Å². The number of benzene rings is 1. The Morgan fingerprint density at radius 1 is 1.20 bits per heavy atom. The van der Waals surface area contributed by atoms with E-state index in [1.165, 1.54) is 5.69 Å². The summed E-state index contributed by atoms with van der Waals surface area (Å²) in [6, 6.07) is 9.45. The molecule has 4 rings (SSSR count). The topological polar surface area (TPSA) is 74.6 Å². The number of carbonyl (C=O) groups excluding carboxylic acids is 1. The summed E-state index contributed by atoms with van der Waals surface area (Å²) in [6.45, 7) is 6.08. The van der Waals surface area contributed by atoms with Crippen LogP contribution in [0.4, 0.5) is 11.4 Å². The smallest absolute Gasteiger partial charge is 0.274 e. The van der Waals surface area contributed by atoms with Crippen molar-refractivity contribution in [3.05, 3.63) is 54.0 Å². The maximum Gasteiger partial charge on any atom is 0.274 e. The Balaban J connectivity index is 1.51. The molecule has 2 N–H and O–H groups in total. The molecule has 0 unspecified atom stereocenters. The second-order valence-electron chi connectivity index (χ2n) is 6.14. The Bertz CT molecular complexity index is 913. The molecule has 3 aromatic rings. The number of aromatic nitrogens is 3. The summed E-state index contributed by atoms with van der Waals surface area (Å²) >= 11 is 0. The minimum absolute atomic E-state index is 0.224. The molecule has 0 atom stereocenters. The fourth-order valence-corrected chi connectivity index (χ4v) is 3.13. The summed E-state index contributed by atoms with van der Waals surface area (Å²) in [6.07, 6.45) is 3.39. The van der Waals surface area contributed by atoms with E-state index in [-0.39, 0.29) is 5.91 Å². The average molecular weight is 336 g/mol. The number of nitrogens with zero attached hydrogens (tertiary/aromatic N) is 4. The molecule has 0 radical (unpaired) electrons. The Kier molecular flexibility index (Phi) is 4.07. The van der Waals surface area contributed by atoms with Crippen molar-refractivity contribution in [2.45, 2.75) is 6.92 Å². The Hall–Kier alpha value is -2.93. The molecule has 7 heteroatoms. The van der Waals surface area contributed by atoms with Crippen LogP contribution in [-0.4, -0.2) is 46.7 Å². The van der Waals surface area contributed by atoms with Gasteiger partial charge in [0, 0.05) is 49.8 Å². The van der Waals surface area contributed by atoms with Gasteiger partial charge in [0.1, 0.15) is 5.69 Å². The number of anilines is 2. The second-order valence-corrected chi connectivity index (χ2v) is 6.14. The highest BCUT2D eigenvalue weighted by Crippen LogP contribution is 2.24. The van der Waals surface area contributed by atoms with E-state index in [0.29, 0.717) is 11.3 Å². The van der Waals surface area contributed by atoms with Gasteiger partial charge in [-0.15, -0.1) is 0 Å². The zero-order valence-electron chi connectivity index (χ0n) is 14.1. The van der Waals surface area contributed by atoms with E-state index in [2.05, 4.69) is 38.6 Å². The zero-order valence-corrected chi connectivity index (χ0v) is 14.1. The van der Waals surface area contributed by atoms with Crippen molar-refractivity contribution >= 4 is 22.9 Å². The van der Waals surface area contributed by atoms with Gasteiger partial charge in [-0.2, -0.15) is 5.10 Å². The first kappa shape index (κ1) is 15.6. The summed E-state index contributed by atoms with van der Waals surface area (Å²) in [5.41, 5.74) is 4.17. The lowest BCUT2D eigenvalue weighted by Crippen LogP contribution is -2.43. The van der Waals surface area contributed by atoms with Crippen LogP contribution in [0, 0.1) is 6.92 Å². The lowest BCUT2D eigenvalue weighted by atomic mass is 10.1. The normalized spacial score (nSPS) is 14.7. The molecule has 7 nitrogen and oxygen atoms in total. The number of piperazine rings is 1. The Morgan fingerprint density at radius 2 is 2.04 bits per heavy atom. The standard InChI is InChI=1S/C18H20N6O/c1-13-12-14(2-3-16(13)23-10-7-19-8-11-23)21-18(25)15-5-9-24-17(22-15)4-6-20-24/h2-6,9,12,19H,7-8,10-11H2,1H3,(H,21,25). The van der Waals surface area contributed by atoms with Gasteiger partial charge in [0.2, 0.25) is 0 Å². The molecular formula is C18H20N6O. The molecule has 2 aromatic heterocycles. The average Bonchev–Trinajstić information content (AvgIpc) is 3.10. The van der Waals surface area contributed by atoms with E-state index < -0.39 is 0 Å². The predicted molar refractivity (Wildman–Crippen MR) is 97.2 cm³/mol. The molecule has 1 aliphatic rings. The highest BCUT2D eigenvalue weighted by molar-refractivity contribution is 6.03. The minimum atomic E-state index is -0.224. The van der Waals surface area contributed by atoms with E-state index in [0.717, 1.165) is 37.4 Å². The van der Waals surface area contributed by atoms with Crippen LogP contribution in [0.2, 0.25) is 0 Å². The molecule has 1 aromatic carbocycles. The maximum absolute atomic E-state index is 12.5. The van der Waals surface area contributed by atoms with Crippen molar-refractivity contribution in [2.75, 3.05) is 36.4 Å². The number of carbonyl (C=O) groups is 1. The van der Waals surface area contributed by atoms with Crippen LogP contribution in [0.1, 0.15) is 16.1 Å². The van der Waals surface area contributed by atoms with E-state index in [9.17, 15) is 4.79 Å². The fourth-order valence-electron chi connectivity index (χ4n) is 3.13. The van der Waals surface area contributed by atoms with E-state index in [1.807, 2.05) is 12.1 Å². The van der Waals surface area contributed by atoms with Gasteiger partial charge in [0.05, 0.1) is 6.20 Å². The van der Waals surface area contributed by atoms with Gasteiger partial charge in [-0.1, -0.05) is 0 Å². The molecule has 1 saturated heterocycles. The van der Waals surface area contributed by atoms with Gasteiger partial charge in [-0.05, 0) is 36.8 Å². The molecule has 1 amide bonds. The fraction of sp³-hybridized carbons (Fsp3) is 0.278. The van der Waals surface area contributed by atoms with Gasteiger partial charge in [-0.3, -0.25) is 4.79 Å². The molecule has 1 aliphatic heterocycles. The molecule has 1 fully saturated rings. The van der Waals surface area contributed by atoms with Crippen molar-refractivity contribution in [3.8, 4) is 0 Å². The number of hydrogen-bond donors (Lipinski definition) is 2. The molecule has 0 aliphatic carbocycles. The highest BCUT2D eigenvalue weighted by Gasteiger charge is 2.14. The van der Waals surface area contributed by atoms with Crippen molar-refractivity contribution in [1.82, 2.24) is 19.9 Å². The van der Waals surface area contributed by atoms with Gasteiger partial charge in [-0.25, -0.2) is 9.50 Å². The third-order valence-electron chi connectivity index (χ3n) is 4.40. The summed E-state index contributed by atoms with van der Waals surface area (Å²) < 4.78 is 1.63. The third-order valence-corrected chi connectivity index (χ3v) is 4.40. The van der Waals surface area contributed by atoms with E-state index in [4.69, 9.17) is 0 Å². The lowest BCUT2D eigenvalue weighted by molar-refractivity contribution is 0.102. The molecule has 0 bridgehead atoms. The van der Waals surface area contributed by atoms with Crippen molar-refractivity contribution in [2.24, 2.45) is 0 Å². The summed E-state index contributed by atoms with van der Waals surface area (Å²) in [4.78, 5) is 19.1. The first-order valence-electron chi connectivity index (χ1n) is 8.39. The Morgan fingerprint density at radius 3 is 2.84 bits per heavy atom. The summed E-state index contributed by atoms with van der Waals surface area (Å²) in [7, 11) is 0. The number of amides is 1. The van der Waals surface area contributed by atoms with Crippen LogP contribution < -0.4 is 15.5 Å². The Labute approximate surface area is 145 Å². The van der Waals surface area contributed by atoms with Crippen LogP contribution in [0.5, 0.6) is 0 Å². The van der Waals surface area contributed by atoms with E-state index >= 15 is 0 Å². The quantitative estimate of drug-likeness (QED) is 0.761. The van der Waals surface area contributed by atoms with Gasteiger partial charge < -0.3 is 15.5 Å². The highest BCUT2D eigenvalue weighted by atomic mass is 16.1. The first-order valence-corrected chi connectivity index (χ1v) is 8.39. The first-order chi connectivity index (χ1) is 12.2. The molecule has 128 valence electrons. The minimum Gasteiger partial charge on any atom is -0.369 e. The molecule has 3 heterocycles. The number of nitrogens with one attached hydrogen (secondary N) is 2. The zero-order chi connectivity index (χ0) is 17.2. The third kappa shape index (κ3) is 3.18. The van der Waals surface area contributed by atoms with Crippen LogP contribution in [-0.2, 0) is 0 Å².